The van der Waals surface area contributed by atoms with Crippen molar-refractivity contribution in [1.29, 1.82) is 0 Å². The third-order valence-corrected chi connectivity index (χ3v) is 6.51. The van der Waals surface area contributed by atoms with E-state index in [1.165, 1.54) is 0 Å². The van der Waals surface area contributed by atoms with Gasteiger partial charge < -0.3 is 25.0 Å². The molecule has 2 fully saturated rings. The molecule has 0 saturated carbocycles. The lowest BCUT2D eigenvalue weighted by Gasteiger charge is -2.33. The number of rotatable bonds is 8. The Hall–Kier alpha value is -2.90. The molecule has 3 amide bonds. The number of ether oxygens (including phenoxy) is 1. The quantitative estimate of drug-likeness (QED) is 0.647. The van der Waals surface area contributed by atoms with Crippen LogP contribution in [-0.2, 0) is 22.7 Å². The van der Waals surface area contributed by atoms with Gasteiger partial charge in [0.25, 0.3) is 0 Å². The Morgan fingerprint density at radius 1 is 0.939 bits per heavy atom. The van der Waals surface area contributed by atoms with E-state index in [2.05, 4.69) is 5.32 Å². The molecule has 2 aliphatic heterocycles. The number of nitrogens with zero attached hydrogens (tertiary/aromatic N) is 2. The molecular formula is C26H33N3O4. The van der Waals surface area contributed by atoms with Gasteiger partial charge in [0.05, 0.1) is 25.4 Å². The third kappa shape index (κ3) is 5.92. The SMILES string of the molecule is O=C(NCc1ccccc1)N1CCC[C@H]1C(=O)N1CCC[C@H]1C(O)COCc1ccccc1. The number of nitrogens with one attached hydrogen (secondary N) is 1. The van der Waals surface area contributed by atoms with E-state index < -0.39 is 12.1 Å². The zero-order valence-electron chi connectivity index (χ0n) is 18.9. The Morgan fingerprint density at radius 2 is 1.58 bits per heavy atom. The molecule has 0 bridgehead atoms. The minimum Gasteiger partial charge on any atom is -0.389 e. The van der Waals surface area contributed by atoms with Gasteiger partial charge in [0.1, 0.15) is 6.04 Å². The normalized spacial score (nSPS) is 21.2. The molecule has 2 saturated heterocycles. The number of aliphatic hydroxyl groups is 1. The van der Waals surface area contributed by atoms with Crippen molar-refractivity contribution in [1.82, 2.24) is 15.1 Å². The number of urea groups is 1. The number of likely N-dealkylation sites (tertiary alicyclic amines) is 2. The van der Waals surface area contributed by atoms with Crippen molar-refractivity contribution >= 4 is 11.9 Å². The first-order valence-electron chi connectivity index (χ1n) is 11.8. The fourth-order valence-electron chi connectivity index (χ4n) is 4.78. The van der Waals surface area contributed by atoms with E-state index in [1.54, 1.807) is 9.80 Å². The maximum Gasteiger partial charge on any atom is 0.318 e. The third-order valence-electron chi connectivity index (χ3n) is 6.51. The summed E-state index contributed by atoms with van der Waals surface area (Å²) in [6, 6.07) is 18.6. The number of hydrogen-bond donors (Lipinski definition) is 2. The maximum atomic E-state index is 13.4. The van der Waals surface area contributed by atoms with E-state index in [1.807, 2.05) is 60.7 Å². The summed E-state index contributed by atoms with van der Waals surface area (Å²) in [5.74, 6) is -0.0630. The number of carbonyl (C=O) groups excluding carboxylic acids is 2. The average molecular weight is 452 g/mol. The highest BCUT2D eigenvalue weighted by molar-refractivity contribution is 5.88. The summed E-state index contributed by atoms with van der Waals surface area (Å²) in [6.07, 6.45) is 2.30. The van der Waals surface area contributed by atoms with Gasteiger partial charge in [-0.05, 0) is 36.8 Å². The Balaban J connectivity index is 1.31. The van der Waals surface area contributed by atoms with E-state index in [-0.39, 0.29) is 24.6 Å². The molecule has 0 spiro atoms. The molecule has 33 heavy (non-hydrogen) atoms. The highest BCUT2D eigenvalue weighted by Gasteiger charge is 2.41. The molecule has 0 aromatic heterocycles. The number of amides is 3. The smallest absolute Gasteiger partial charge is 0.318 e. The van der Waals surface area contributed by atoms with Crippen molar-refractivity contribution in [3.63, 3.8) is 0 Å². The van der Waals surface area contributed by atoms with Gasteiger partial charge in [0, 0.05) is 19.6 Å². The fraction of sp³-hybridized carbons (Fsp3) is 0.462. The summed E-state index contributed by atoms with van der Waals surface area (Å²) in [6.45, 7) is 2.21. The molecule has 7 nitrogen and oxygen atoms in total. The van der Waals surface area contributed by atoms with Crippen molar-refractivity contribution in [3.05, 3.63) is 71.8 Å². The van der Waals surface area contributed by atoms with E-state index >= 15 is 0 Å². The van der Waals surface area contributed by atoms with Crippen molar-refractivity contribution in [2.24, 2.45) is 0 Å². The number of hydrogen-bond acceptors (Lipinski definition) is 4. The van der Waals surface area contributed by atoms with Crippen LogP contribution < -0.4 is 5.32 Å². The molecule has 176 valence electrons. The van der Waals surface area contributed by atoms with Gasteiger partial charge in [-0.25, -0.2) is 4.79 Å². The summed E-state index contributed by atoms with van der Waals surface area (Å²) in [5.41, 5.74) is 2.07. The molecule has 7 heteroatoms. The Morgan fingerprint density at radius 3 is 2.30 bits per heavy atom. The maximum absolute atomic E-state index is 13.4. The Labute approximate surface area is 195 Å². The second-order valence-electron chi connectivity index (χ2n) is 8.81. The first-order chi connectivity index (χ1) is 16.1. The lowest BCUT2D eigenvalue weighted by atomic mass is 10.1. The first kappa shape index (κ1) is 23.3. The van der Waals surface area contributed by atoms with Crippen LogP contribution in [0.25, 0.3) is 0 Å². The molecule has 3 atom stereocenters. The van der Waals surface area contributed by atoms with Crippen LogP contribution in [0.4, 0.5) is 4.79 Å². The second-order valence-corrected chi connectivity index (χ2v) is 8.81. The van der Waals surface area contributed by atoms with Gasteiger partial charge in [0.15, 0.2) is 0 Å². The molecule has 0 aliphatic carbocycles. The van der Waals surface area contributed by atoms with Crippen molar-refractivity contribution in [3.8, 4) is 0 Å². The molecule has 2 heterocycles. The van der Waals surface area contributed by atoms with Crippen LogP contribution in [0.1, 0.15) is 36.8 Å². The minimum atomic E-state index is -0.748. The number of aliphatic hydroxyl groups excluding tert-OH is 1. The fourth-order valence-corrected chi connectivity index (χ4v) is 4.78. The lowest BCUT2D eigenvalue weighted by molar-refractivity contribution is -0.139. The van der Waals surface area contributed by atoms with E-state index in [0.29, 0.717) is 32.7 Å². The van der Waals surface area contributed by atoms with Crippen molar-refractivity contribution < 1.29 is 19.4 Å². The molecule has 2 N–H and O–H groups in total. The summed E-state index contributed by atoms with van der Waals surface area (Å²) in [5, 5.41) is 13.7. The summed E-state index contributed by atoms with van der Waals surface area (Å²) >= 11 is 0. The monoisotopic (exact) mass is 451 g/mol. The standard InChI is InChI=1S/C26H33N3O4/c30-24(19-33-18-21-11-5-2-6-12-21)22-13-7-15-28(22)25(31)23-14-8-16-29(23)26(32)27-17-20-9-3-1-4-10-20/h1-6,9-12,22-24,30H,7-8,13-19H2,(H,27,32)/t22-,23-,24?/m0/s1. The minimum absolute atomic E-state index is 0.0630. The van der Waals surface area contributed by atoms with Gasteiger partial charge in [-0.15, -0.1) is 0 Å². The molecular weight excluding hydrogens is 418 g/mol. The lowest BCUT2D eigenvalue weighted by Crippen LogP contribution is -2.54. The van der Waals surface area contributed by atoms with Crippen LogP contribution in [0.5, 0.6) is 0 Å². The second kappa shape index (κ2) is 11.3. The molecule has 4 rings (SSSR count). The molecule has 1 unspecified atom stereocenters. The molecule has 0 radical (unpaired) electrons. The average Bonchev–Trinajstić information content (AvgIpc) is 3.54. The van der Waals surface area contributed by atoms with E-state index in [0.717, 1.165) is 30.4 Å². The summed E-state index contributed by atoms with van der Waals surface area (Å²) in [7, 11) is 0. The highest BCUT2D eigenvalue weighted by Crippen LogP contribution is 2.26. The molecule has 2 aliphatic rings. The van der Waals surface area contributed by atoms with Crippen LogP contribution in [0.2, 0.25) is 0 Å². The van der Waals surface area contributed by atoms with Gasteiger partial charge in [-0.2, -0.15) is 0 Å². The topological polar surface area (TPSA) is 82.1 Å². The van der Waals surface area contributed by atoms with E-state index in [4.69, 9.17) is 4.74 Å². The van der Waals surface area contributed by atoms with Crippen LogP contribution in [0, 0.1) is 0 Å². The number of carbonyl (C=O) groups is 2. The van der Waals surface area contributed by atoms with Crippen LogP contribution >= 0.6 is 0 Å². The van der Waals surface area contributed by atoms with Crippen LogP contribution in [0.15, 0.2) is 60.7 Å². The zero-order chi connectivity index (χ0) is 23.0. The zero-order valence-corrected chi connectivity index (χ0v) is 18.9. The van der Waals surface area contributed by atoms with E-state index in [9.17, 15) is 14.7 Å². The summed E-state index contributed by atoms with van der Waals surface area (Å²) in [4.78, 5) is 29.6. The molecule has 2 aromatic rings. The van der Waals surface area contributed by atoms with Gasteiger partial charge in [-0.3, -0.25) is 4.79 Å². The van der Waals surface area contributed by atoms with Crippen molar-refractivity contribution in [2.45, 2.75) is 57.0 Å². The van der Waals surface area contributed by atoms with Crippen molar-refractivity contribution in [2.75, 3.05) is 19.7 Å². The van der Waals surface area contributed by atoms with Gasteiger partial charge >= 0.3 is 6.03 Å². The largest absolute Gasteiger partial charge is 0.389 e. The van der Waals surface area contributed by atoms with Crippen LogP contribution in [0.3, 0.4) is 0 Å². The van der Waals surface area contributed by atoms with Gasteiger partial charge in [0.2, 0.25) is 5.91 Å². The predicted octanol–water partition coefficient (Wildman–Crippen LogP) is 2.93. The predicted molar refractivity (Wildman–Crippen MR) is 125 cm³/mol. The highest BCUT2D eigenvalue weighted by atomic mass is 16.5. The number of benzene rings is 2. The summed E-state index contributed by atoms with van der Waals surface area (Å²) < 4.78 is 5.72. The van der Waals surface area contributed by atoms with Gasteiger partial charge in [-0.1, -0.05) is 60.7 Å². The van der Waals surface area contributed by atoms with Crippen LogP contribution in [-0.4, -0.2) is 64.7 Å². The molecule has 2 aromatic carbocycles. The first-order valence-corrected chi connectivity index (χ1v) is 11.8. The Bertz CT molecular complexity index is 908. The Kier molecular flexibility index (Phi) is 7.96.